The Kier molecular flexibility index (Phi) is 8.31. The summed E-state index contributed by atoms with van der Waals surface area (Å²) < 4.78 is 5.66. The molecule has 0 bridgehead atoms. The van der Waals surface area contributed by atoms with Crippen molar-refractivity contribution >= 4 is 11.8 Å². The van der Waals surface area contributed by atoms with E-state index >= 15 is 0 Å². The number of hydrogen-bond acceptors (Lipinski definition) is 4. The van der Waals surface area contributed by atoms with Gasteiger partial charge in [-0.1, -0.05) is 6.92 Å². The maximum atomic E-state index is 5.66. The van der Waals surface area contributed by atoms with Crippen molar-refractivity contribution in [3.8, 4) is 0 Å². The van der Waals surface area contributed by atoms with Gasteiger partial charge in [-0.15, -0.1) is 0 Å². The Morgan fingerprint density at radius 3 is 2.94 bits per heavy atom. The Balaban J connectivity index is 2.40. The lowest BCUT2D eigenvalue weighted by molar-refractivity contribution is 0.0167. The van der Waals surface area contributed by atoms with Crippen molar-refractivity contribution < 1.29 is 4.74 Å². The molecule has 0 spiro atoms. The van der Waals surface area contributed by atoms with Crippen LogP contribution < -0.4 is 5.32 Å². The highest BCUT2D eigenvalue weighted by molar-refractivity contribution is 7.98. The average molecular weight is 274 g/mol. The molecule has 0 aromatic carbocycles. The van der Waals surface area contributed by atoms with Crippen molar-refractivity contribution in [2.75, 3.05) is 45.4 Å². The van der Waals surface area contributed by atoms with E-state index in [0.29, 0.717) is 18.0 Å². The minimum absolute atomic E-state index is 0.639. The summed E-state index contributed by atoms with van der Waals surface area (Å²) in [6, 6.07) is 1.29. The number of rotatable bonds is 8. The van der Waals surface area contributed by atoms with Crippen molar-refractivity contribution in [1.82, 2.24) is 10.2 Å². The second-order valence-corrected chi connectivity index (χ2v) is 6.34. The molecule has 0 saturated carbocycles. The van der Waals surface area contributed by atoms with Crippen LogP contribution in [0.3, 0.4) is 0 Å². The predicted molar refractivity (Wildman–Crippen MR) is 81.5 cm³/mol. The highest BCUT2D eigenvalue weighted by Crippen LogP contribution is 2.17. The molecule has 1 rings (SSSR count). The number of nitrogens with zero attached hydrogens (tertiary/aromatic N) is 1. The number of ether oxygens (including phenoxy) is 1. The molecule has 108 valence electrons. The maximum Gasteiger partial charge on any atom is 0.0521 e. The standard InChI is InChI=1S/C14H30N2OS/c1-5-7-15-14-6-8-17-10-13(14)9-16(3)12(2)11-18-4/h12-15H,5-11H2,1-4H3. The monoisotopic (exact) mass is 274 g/mol. The van der Waals surface area contributed by atoms with E-state index in [9.17, 15) is 0 Å². The molecule has 1 N–H and O–H groups in total. The van der Waals surface area contributed by atoms with Crippen LogP contribution in [0.4, 0.5) is 0 Å². The van der Waals surface area contributed by atoms with Crippen LogP contribution in [0.2, 0.25) is 0 Å². The molecule has 4 heteroatoms. The van der Waals surface area contributed by atoms with Crippen LogP contribution in [0.25, 0.3) is 0 Å². The topological polar surface area (TPSA) is 24.5 Å². The molecule has 0 aliphatic carbocycles. The molecular weight excluding hydrogens is 244 g/mol. The third-order valence-electron chi connectivity index (χ3n) is 3.81. The van der Waals surface area contributed by atoms with Gasteiger partial charge in [-0.05, 0) is 39.6 Å². The van der Waals surface area contributed by atoms with Gasteiger partial charge >= 0.3 is 0 Å². The summed E-state index contributed by atoms with van der Waals surface area (Å²) in [5, 5.41) is 3.69. The molecule has 0 radical (unpaired) electrons. The molecule has 1 aliphatic rings. The Hall–Kier alpha value is 0.230. The zero-order valence-corrected chi connectivity index (χ0v) is 13.3. The molecule has 0 amide bonds. The fourth-order valence-electron chi connectivity index (χ4n) is 2.49. The largest absolute Gasteiger partial charge is 0.381 e. The van der Waals surface area contributed by atoms with Gasteiger partial charge < -0.3 is 15.0 Å². The third-order valence-corrected chi connectivity index (χ3v) is 4.63. The van der Waals surface area contributed by atoms with Crippen molar-refractivity contribution in [3.05, 3.63) is 0 Å². The Bertz CT molecular complexity index is 216. The van der Waals surface area contributed by atoms with Gasteiger partial charge in [0.1, 0.15) is 0 Å². The molecule has 1 aliphatic heterocycles. The Morgan fingerprint density at radius 1 is 1.50 bits per heavy atom. The van der Waals surface area contributed by atoms with Crippen LogP contribution in [-0.2, 0) is 4.74 Å². The van der Waals surface area contributed by atoms with E-state index < -0.39 is 0 Å². The highest BCUT2D eigenvalue weighted by Gasteiger charge is 2.27. The van der Waals surface area contributed by atoms with E-state index in [0.717, 1.165) is 32.7 Å². The summed E-state index contributed by atoms with van der Waals surface area (Å²) in [6.07, 6.45) is 4.55. The molecule has 3 atom stereocenters. The van der Waals surface area contributed by atoms with E-state index in [4.69, 9.17) is 4.74 Å². The zero-order chi connectivity index (χ0) is 13.4. The van der Waals surface area contributed by atoms with Crippen LogP contribution in [-0.4, -0.2) is 62.3 Å². The predicted octanol–water partition coefficient (Wildman–Crippen LogP) is 2.07. The molecule has 1 heterocycles. The minimum atomic E-state index is 0.639. The van der Waals surface area contributed by atoms with Crippen LogP contribution in [0.15, 0.2) is 0 Å². The quantitative estimate of drug-likeness (QED) is 0.732. The Labute approximate surface area is 117 Å². The summed E-state index contributed by atoms with van der Waals surface area (Å²) >= 11 is 1.93. The van der Waals surface area contributed by atoms with E-state index in [-0.39, 0.29) is 0 Å². The lowest BCUT2D eigenvalue weighted by atomic mass is 9.94. The molecule has 3 nitrogen and oxygen atoms in total. The second kappa shape index (κ2) is 9.18. The van der Waals surface area contributed by atoms with Gasteiger partial charge in [-0.3, -0.25) is 0 Å². The van der Waals surface area contributed by atoms with Gasteiger partial charge in [-0.25, -0.2) is 0 Å². The number of hydrogen-bond donors (Lipinski definition) is 1. The first-order valence-corrected chi connectivity index (χ1v) is 8.58. The highest BCUT2D eigenvalue weighted by atomic mass is 32.2. The SMILES string of the molecule is CCCNC1CCOCC1CN(C)C(C)CSC. The number of nitrogens with one attached hydrogen (secondary N) is 1. The first-order chi connectivity index (χ1) is 8.69. The fourth-order valence-corrected chi connectivity index (χ4v) is 3.23. The first-order valence-electron chi connectivity index (χ1n) is 7.19. The third kappa shape index (κ3) is 5.47. The van der Waals surface area contributed by atoms with E-state index in [1.54, 1.807) is 0 Å². The van der Waals surface area contributed by atoms with Crippen LogP contribution in [0.1, 0.15) is 26.7 Å². The molecular formula is C14H30N2OS. The van der Waals surface area contributed by atoms with Gasteiger partial charge in [-0.2, -0.15) is 11.8 Å². The number of thioether (sulfide) groups is 1. The summed E-state index contributed by atoms with van der Waals surface area (Å²) in [4.78, 5) is 2.48. The summed E-state index contributed by atoms with van der Waals surface area (Å²) in [5.74, 6) is 1.84. The summed E-state index contributed by atoms with van der Waals surface area (Å²) in [7, 11) is 2.24. The van der Waals surface area contributed by atoms with Gasteiger partial charge in [0.25, 0.3) is 0 Å². The summed E-state index contributed by atoms with van der Waals surface area (Å²) in [6.45, 7) is 8.65. The molecule has 1 fully saturated rings. The molecule has 3 unspecified atom stereocenters. The second-order valence-electron chi connectivity index (χ2n) is 5.43. The maximum absolute atomic E-state index is 5.66. The lowest BCUT2D eigenvalue weighted by Crippen LogP contribution is -2.49. The van der Waals surface area contributed by atoms with Crippen LogP contribution in [0, 0.1) is 5.92 Å². The van der Waals surface area contributed by atoms with Crippen LogP contribution in [0.5, 0.6) is 0 Å². The molecule has 0 aromatic heterocycles. The van der Waals surface area contributed by atoms with Crippen molar-refractivity contribution in [1.29, 1.82) is 0 Å². The Morgan fingerprint density at radius 2 is 2.28 bits per heavy atom. The smallest absolute Gasteiger partial charge is 0.0521 e. The van der Waals surface area contributed by atoms with Crippen molar-refractivity contribution in [3.63, 3.8) is 0 Å². The van der Waals surface area contributed by atoms with E-state index in [2.05, 4.69) is 37.4 Å². The van der Waals surface area contributed by atoms with Gasteiger partial charge in [0.05, 0.1) is 6.61 Å². The van der Waals surface area contributed by atoms with Crippen molar-refractivity contribution in [2.24, 2.45) is 5.92 Å². The normalized spacial score (nSPS) is 26.5. The van der Waals surface area contributed by atoms with E-state index in [1.807, 2.05) is 11.8 Å². The average Bonchev–Trinajstić information content (AvgIpc) is 2.38. The summed E-state index contributed by atoms with van der Waals surface area (Å²) in [5.41, 5.74) is 0. The molecule has 18 heavy (non-hydrogen) atoms. The molecule has 1 saturated heterocycles. The molecule has 0 aromatic rings. The minimum Gasteiger partial charge on any atom is -0.381 e. The van der Waals surface area contributed by atoms with Gasteiger partial charge in [0.2, 0.25) is 0 Å². The van der Waals surface area contributed by atoms with Crippen LogP contribution >= 0.6 is 11.8 Å². The van der Waals surface area contributed by atoms with Gasteiger partial charge in [0.15, 0.2) is 0 Å². The fraction of sp³-hybridized carbons (Fsp3) is 1.00. The zero-order valence-electron chi connectivity index (χ0n) is 12.4. The van der Waals surface area contributed by atoms with E-state index in [1.165, 1.54) is 12.2 Å². The van der Waals surface area contributed by atoms with Gasteiger partial charge in [0, 0.05) is 36.9 Å². The lowest BCUT2D eigenvalue weighted by Gasteiger charge is -2.36. The first kappa shape index (κ1) is 16.3. The van der Waals surface area contributed by atoms with Crippen molar-refractivity contribution in [2.45, 2.75) is 38.8 Å².